The van der Waals surface area contributed by atoms with Crippen LogP contribution >= 0.6 is 0 Å². The third-order valence-electron chi connectivity index (χ3n) is 7.27. The maximum atomic E-state index is 12.3. The highest BCUT2D eigenvalue weighted by molar-refractivity contribution is 5.71. The lowest BCUT2D eigenvalue weighted by atomic mass is 9.84. The molecule has 1 amide bonds. The van der Waals surface area contributed by atoms with Gasteiger partial charge in [0.2, 0.25) is 17.5 Å². The summed E-state index contributed by atoms with van der Waals surface area (Å²) in [4.78, 5) is 50.7. The lowest BCUT2D eigenvalue weighted by Gasteiger charge is -2.38. The summed E-state index contributed by atoms with van der Waals surface area (Å²) in [6, 6.07) is 5.17. The van der Waals surface area contributed by atoms with Gasteiger partial charge in [-0.3, -0.25) is 19.7 Å². The van der Waals surface area contributed by atoms with Crippen molar-refractivity contribution in [1.82, 2.24) is 5.48 Å². The van der Waals surface area contributed by atoms with E-state index in [-0.39, 0.29) is 29.2 Å². The van der Waals surface area contributed by atoms with Gasteiger partial charge >= 0.3 is 6.16 Å². The molecule has 6 atom stereocenters. The predicted molar refractivity (Wildman–Crippen MR) is 115 cm³/mol. The highest BCUT2D eigenvalue weighted by Gasteiger charge is 2.66. The number of hydrogen-bond acceptors (Lipinski definition) is 10. The molecule has 190 valence electrons. The number of carbonyl (C=O) groups excluding carboxylic acids is 2. The number of carbonyl (C=O) groups is 2. The Kier molecular flexibility index (Phi) is 6.38. The van der Waals surface area contributed by atoms with Crippen LogP contribution in [0.15, 0.2) is 24.3 Å². The third kappa shape index (κ3) is 4.96. The Labute approximate surface area is 201 Å². The minimum atomic E-state index is -1.01. The van der Waals surface area contributed by atoms with E-state index in [2.05, 4.69) is 5.48 Å². The molecule has 35 heavy (non-hydrogen) atoms. The van der Waals surface area contributed by atoms with Crippen molar-refractivity contribution in [3.05, 3.63) is 34.4 Å². The van der Waals surface area contributed by atoms with Crippen LogP contribution in [0.4, 0.5) is 10.5 Å². The summed E-state index contributed by atoms with van der Waals surface area (Å²) in [6.45, 7) is 1.77. The molecule has 4 unspecified atom stereocenters. The molecule has 1 saturated heterocycles. The quantitative estimate of drug-likeness (QED) is 0.206. The molecule has 3 saturated carbocycles. The molecule has 4 aliphatic rings. The van der Waals surface area contributed by atoms with Gasteiger partial charge in [0.15, 0.2) is 0 Å². The molecule has 12 nitrogen and oxygen atoms in total. The SMILES string of the molecule is CC(=O)NOCC1CC2CC1C1(C2)OO[C@]2(CCC[C@@H](OC(=O)Oc3ccc([N+](=O)[O-])cc3)C2)O1. The van der Waals surface area contributed by atoms with E-state index in [1.54, 1.807) is 0 Å². The molecule has 1 N–H and O–H groups in total. The summed E-state index contributed by atoms with van der Waals surface area (Å²) < 4.78 is 17.2. The molecule has 2 spiro atoms. The first-order valence-electron chi connectivity index (χ1n) is 11.8. The number of hydroxylamine groups is 1. The van der Waals surface area contributed by atoms with E-state index >= 15 is 0 Å². The number of benzene rings is 1. The van der Waals surface area contributed by atoms with Crippen molar-refractivity contribution in [2.24, 2.45) is 17.8 Å². The van der Waals surface area contributed by atoms with Crippen LogP contribution in [0, 0.1) is 27.9 Å². The van der Waals surface area contributed by atoms with Crippen LogP contribution in [0.2, 0.25) is 0 Å². The summed E-state index contributed by atoms with van der Waals surface area (Å²) in [5, 5.41) is 10.8. The van der Waals surface area contributed by atoms with E-state index < -0.39 is 28.8 Å². The molecular formula is C23H28N2O10. The van der Waals surface area contributed by atoms with Crippen LogP contribution in [0.5, 0.6) is 5.75 Å². The van der Waals surface area contributed by atoms with Crippen molar-refractivity contribution in [2.45, 2.75) is 69.5 Å². The number of ether oxygens (including phenoxy) is 3. The largest absolute Gasteiger partial charge is 0.514 e. The Balaban J connectivity index is 1.16. The van der Waals surface area contributed by atoms with E-state index in [0.29, 0.717) is 38.2 Å². The lowest BCUT2D eigenvalue weighted by molar-refractivity contribution is -0.384. The first-order valence-corrected chi connectivity index (χ1v) is 11.8. The second-order valence-electron chi connectivity index (χ2n) is 9.81. The summed E-state index contributed by atoms with van der Waals surface area (Å²) in [7, 11) is 0. The Bertz CT molecular complexity index is 987. The van der Waals surface area contributed by atoms with Crippen LogP contribution < -0.4 is 10.2 Å². The normalized spacial score (nSPS) is 35.3. The zero-order valence-electron chi connectivity index (χ0n) is 19.3. The molecule has 2 bridgehead atoms. The van der Waals surface area contributed by atoms with Crippen LogP contribution in [-0.2, 0) is 28.9 Å². The molecule has 12 heteroatoms. The van der Waals surface area contributed by atoms with Crippen molar-refractivity contribution in [3.63, 3.8) is 0 Å². The van der Waals surface area contributed by atoms with E-state index in [1.807, 2.05) is 0 Å². The number of hydrogen-bond donors (Lipinski definition) is 1. The van der Waals surface area contributed by atoms with E-state index in [1.165, 1.54) is 31.2 Å². The average molecular weight is 492 g/mol. The molecule has 4 fully saturated rings. The first-order chi connectivity index (χ1) is 16.8. The molecule has 1 aromatic rings. The number of non-ortho nitro benzene ring substituents is 1. The lowest BCUT2D eigenvalue weighted by Crippen LogP contribution is -2.47. The fourth-order valence-corrected chi connectivity index (χ4v) is 5.95. The molecular weight excluding hydrogens is 464 g/mol. The zero-order chi connectivity index (χ0) is 24.6. The van der Waals surface area contributed by atoms with Gasteiger partial charge in [0.1, 0.15) is 11.9 Å². The smallest absolute Gasteiger partial charge is 0.430 e. The summed E-state index contributed by atoms with van der Waals surface area (Å²) in [6.07, 6.45) is 3.49. The fourth-order valence-electron chi connectivity index (χ4n) is 5.95. The van der Waals surface area contributed by atoms with Crippen molar-refractivity contribution in [1.29, 1.82) is 0 Å². The van der Waals surface area contributed by atoms with Crippen LogP contribution in [-0.4, -0.2) is 41.3 Å². The topological polar surface area (TPSA) is 145 Å². The summed E-state index contributed by atoms with van der Waals surface area (Å²) in [5.41, 5.74) is 2.27. The molecule has 0 radical (unpaired) electrons. The molecule has 1 aromatic carbocycles. The molecule has 1 aliphatic heterocycles. The average Bonchev–Trinajstić information content (AvgIpc) is 3.46. The van der Waals surface area contributed by atoms with E-state index in [9.17, 15) is 19.7 Å². The van der Waals surface area contributed by atoms with Crippen LogP contribution in [0.1, 0.15) is 51.9 Å². The van der Waals surface area contributed by atoms with Crippen LogP contribution in [0.25, 0.3) is 0 Å². The Morgan fingerprint density at radius 2 is 2.00 bits per heavy atom. The van der Waals surface area contributed by atoms with Gasteiger partial charge < -0.3 is 14.2 Å². The third-order valence-corrected chi connectivity index (χ3v) is 7.27. The second-order valence-corrected chi connectivity index (χ2v) is 9.81. The van der Waals surface area contributed by atoms with Crippen molar-refractivity contribution < 1.29 is 43.3 Å². The maximum absolute atomic E-state index is 12.3. The Morgan fingerprint density at radius 1 is 1.20 bits per heavy atom. The number of nitrogens with zero attached hydrogens (tertiary/aromatic N) is 1. The molecule has 3 aliphatic carbocycles. The van der Waals surface area contributed by atoms with Gasteiger partial charge in [-0.1, -0.05) is 0 Å². The first kappa shape index (κ1) is 23.9. The van der Waals surface area contributed by atoms with E-state index in [4.69, 9.17) is 28.8 Å². The minimum absolute atomic E-state index is 0.0778. The molecule has 5 rings (SSSR count). The van der Waals surface area contributed by atoms with Gasteiger partial charge in [-0.15, -0.1) is 0 Å². The number of nitro benzene ring substituents is 1. The number of nitrogens with one attached hydrogen (secondary N) is 1. The molecule has 0 aromatic heterocycles. The van der Waals surface area contributed by atoms with Crippen LogP contribution in [0.3, 0.4) is 0 Å². The maximum Gasteiger partial charge on any atom is 0.514 e. The van der Waals surface area contributed by atoms with Crippen molar-refractivity contribution in [2.75, 3.05) is 6.61 Å². The number of rotatable bonds is 6. The summed E-state index contributed by atoms with van der Waals surface area (Å²) >= 11 is 0. The predicted octanol–water partition coefficient (Wildman–Crippen LogP) is 3.54. The van der Waals surface area contributed by atoms with Gasteiger partial charge in [0, 0.05) is 44.2 Å². The highest BCUT2D eigenvalue weighted by atomic mass is 17.3. The standard InChI is InChI=1S/C23H28N2O10/c1-14(26)24-30-13-16-9-15-10-20(16)23(11-15)33-22(34-35-23)8-2-3-19(12-22)32-21(27)31-18-6-4-17(5-7-18)25(28)29/h4-7,15-16,19-20H,2-3,8-13H2,1H3,(H,24,26)/t15?,16?,19-,20?,22+,23?/m1/s1. The Morgan fingerprint density at radius 3 is 2.71 bits per heavy atom. The van der Waals surface area contributed by atoms with Gasteiger partial charge in [-0.2, -0.15) is 9.78 Å². The Hall–Kier alpha value is -2.80. The van der Waals surface area contributed by atoms with Gasteiger partial charge in [0.05, 0.1) is 11.5 Å². The van der Waals surface area contributed by atoms with E-state index in [0.717, 1.165) is 19.3 Å². The van der Waals surface area contributed by atoms with Gasteiger partial charge in [-0.05, 0) is 49.7 Å². The summed E-state index contributed by atoms with van der Waals surface area (Å²) in [5.74, 6) is -1.30. The van der Waals surface area contributed by atoms with Gasteiger partial charge in [0.25, 0.3) is 5.69 Å². The fraction of sp³-hybridized carbons (Fsp3) is 0.652. The number of amides is 1. The van der Waals surface area contributed by atoms with Crippen molar-refractivity contribution in [3.8, 4) is 5.75 Å². The number of nitro groups is 1. The molecule has 1 heterocycles. The van der Waals surface area contributed by atoms with Crippen molar-refractivity contribution >= 4 is 17.7 Å². The minimum Gasteiger partial charge on any atom is -0.430 e. The number of fused-ring (bicyclic) bond motifs is 3. The zero-order valence-corrected chi connectivity index (χ0v) is 19.3. The van der Waals surface area contributed by atoms with Gasteiger partial charge in [-0.25, -0.2) is 10.3 Å². The monoisotopic (exact) mass is 492 g/mol. The second kappa shape index (κ2) is 9.34. The highest BCUT2D eigenvalue weighted by Crippen LogP contribution is 2.61.